The lowest BCUT2D eigenvalue weighted by molar-refractivity contribution is -0.0567. The molecule has 0 radical (unpaired) electrons. The summed E-state index contributed by atoms with van der Waals surface area (Å²) in [6, 6.07) is 9.23. The molecule has 1 aromatic carbocycles. The van der Waals surface area contributed by atoms with Gasteiger partial charge in [-0.05, 0) is 116 Å². The number of carbonyl (C=O) groups excluding carboxylic acids is 1. The smallest absolute Gasteiger partial charge is 0.430 e. The second kappa shape index (κ2) is 11.5. The van der Waals surface area contributed by atoms with Crippen LogP contribution in [0.3, 0.4) is 0 Å². The summed E-state index contributed by atoms with van der Waals surface area (Å²) in [7, 11) is 0. The topological polar surface area (TPSA) is 35.5 Å². The van der Waals surface area contributed by atoms with Crippen LogP contribution in [0.25, 0.3) is 0 Å². The Morgan fingerprint density at radius 1 is 1.00 bits per heavy atom. The van der Waals surface area contributed by atoms with Crippen LogP contribution in [0.15, 0.2) is 54.1 Å². The van der Waals surface area contributed by atoms with Gasteiger partial charge in [0.2, 0.25) is 0 Å². The fourth-order valence-electron chi connectivity index (χ4n) is 9.66. The van der Waals surface area contributed by atoms with E-state index in [1.807, 2.05) is 18.2 Å². The van der Waals surface area contributed by atoms with Crippen molar-refractivity contribution in [1.29, 1.82) is 0 Å². The highest BCUT2D eigenvalue weighted by atomic mass is 16.7. The highest BCUT2D eigenvalue weighted by molar-refractivity contribution is 5.64. The predicted octanol–water partition coefficient (Wildman–Crippen LogP) is 10.0. The van der Waals surface area contributed by atoms with Crippen molar-refractivity contribution in [2.75, 3.05) is 0 Å². The van der Waals surface area contributed by atoms with E-state index in [4.69, 9.17) is 9.47 Å². The maximum atomic E-state index is 12.5. The van der Waals surface area contributed by atoms with E-state index in [9.17, 15) is 4.79 Å². The van der Waals surface area contributed by atoms with Gasteiger partial charge in [0.05, 0.1) is 0 Å². The Labute approximate surface area is 237 Å². The van der Waals surface area contributed by atoms with Gasteiger partial charge in [-0.1, -0.05) is 83.5 Å². The van der Waals surface area contributed by atoms with Crippen LogP contribution in [0, 0.1) is 52.3 Å². The molecule has 3 unspecified atom stereocenters. The first-order valence-electron chi connectivity index (χ1n) is 16.0. The van der Waals surface area contributed by atoms with E-state index in [-0.39, 0.29) is 11.5 Å². The van der Waals surface area contributed by atoms with Gasteiger partial charge in [0, 0.05) is 6.42 Å². The summed E-state index contributed by atoms with van der Waals surface area (Å²) in [6.07, 6.45) is 17.9. The van der Waals surface area contributed by atoms with Crippen LogP contribution in [0.1, 0.15) is 99.3 Å². The van der Waals surface area contributed by atoms with Gasteiger partial charge in [-0.15, -0.1) is 0 Å². The molecule has 4 aliphatic carbocycles. The molecule has 0 spiro atoms. The van der Waals surface area contributed by atoms with Gasteiger partial charge < -0.3 is 9.47 Å². The van der Waals surface area contributed by atoms with E-state index < -0.39 is 6.16 Å². The number of hydrogen-bond donors (Lipinski definition) is 0. The van der Waals surface area contributed by atoms with Gasteiger partial charge in [-0.25, -0.2) is 4.79 Å². The molecule has 4 aliphatic rings. The van der Waals surface area contributed by atoms with Gasteiger partial charge in [0.15, 0.2) is 0 Å². The standard InChI is InChI=1S/C36H52O3/c1-7-26(24(2)3)14-13-25(4)31-17-18-32-30-16-15-27-23-29(39-34(37)38-28-11-9-8-10-12-28)19-21-35(27,5)33(30)20-22-36(31,32)6/h8-15,24-26,29-33H,7,16-23H2,1-6H3/b14-13+/t25-,26-,29+,30?,31-,32?,33?,35+,36-/m1/s1. The fraction of sp³-hybridized carbons (Fsp3) is 0.694. The number of ether oxygens (including phenoxy) is 2. The second-order valence-electron chi connectivity index (χ2n) is 14.2. The summed E-state index contributed by atoms with van der Waals surface area (Å²) in [6.45, 7) is 14.7. The molecule has 0 aliphatic heterocycles. The molecule has 5 rings (SSSR count). The lowest BCUT2D eigenvalue weighted by Crippen LogP contribution is -2.51. The van der Waals surface area contributed by atoms with Crippen molar-refractivity contribution in [1.82, 2.24) is 0 Å². The third-order valence-electron chi connectivity index (χ3n) is 12.0. The van der Waals surface area contributed by atoms with Crippen LogP contribution in [-0.2, 0) is 4.74 Å². The SMILES string of the molecule is CC[C@H](/C=C/[C@@H](C)[C@H]1CCC2C3CC=C4C[C@@H](OC(=O)Oc5ccccc5)CC[C@]4(C)C3CC[C@@]21C)C(C)C. The summed E-state index contributed by atoms with van der Waals surface area (Å²) < 4.78 is 11.2. The molecule has 0 heterocycles. The average Bonchev–Trinajstić information content (AvgIpc) is 3.27. The summed E-state index contributed by atoms with van der Waals surface area (Å²) in [4.78, 5) is 12.5. The Bertz CT molecular complexity index is 1060. The highest BCUT2D eigenvalue weighted by Crippen LogP contribution is 2.67. The molecular weight excluding hydrogens is 480 g/mol. The molecule has 0 bridgehead atoms. The normalized spacial score (nSPS) is 37.4. The lowest BCUT2D eigenvalue weighted by Gasteiger charge is -2.58. The molecule has 9 atom stereocenters. The minimum atomic E-state index is -0.573. The summed E-state index contributed by atoms with van der Waals surface area (Å²) >= 11 is 0. The largest absolute Gasteiger partial charge is 0.514 e. The molecule has 3 fully saturated rings. The number of hydrogen-bond acceptors (Lipinski definition) is 3. The number of para-hydroxylation sites is 1. The van der Waals surface area contributed by atoms with Crippen LogP contribution < -0.4 is 4.74 Å². The first-order chi connectivity index (χ1) is 18.7. The predicted molar refractivity (Wildman–Crippen MR) is 159 cm³/mol. The van der Waals surface area contributed by atoms with Crippen LogP contribution >= 0.6 is 0 Å². The monoisotopic (exact) mass is 532 g/mol. The second-order valence-corrected chi connectivity index (χ2v) is 14.2. The Balaban J connectivity index is 1.24. The third-order valence-corrected chi connectivity index (χ3v) is 12.0. The number of rotatable bonds is 7. The van der Waals surface area contributed by atoms with E-state index in [1.165, 1.54) is 38.5 Å². The van der Waals surface area contributed by atoms with Crippen LogP contribution in [0.5, 0.6) is 5.75 Å². The number of fused-ring (bicyclic) bond motifs is 5. The van der Waals surface area contributed by atoms with Gasteiger partial charge in [-0.3, -0.25) is 0 Å². The molecule has 39 heavy (non-hydrogen) atoms. The number of benzene rings is 1. The minimum absolute atomic E-state index is 0.0766. The van der Waals surface area contributed by atoms with Gasteiger partial charge >= 0.3 is 6.16 Å². The van der Waals surface area contributed by atoms with E-state index >= 15 is 0 Å². The maximum absolute atomic E-state index is 12.5. The summed E-state index contributed by atoms with van der Waals surface area (Å²) in [5.74, 6) is 5.85. The summed E-state index contributed by atoms with van der Waals surface area (Å²) in [5, 5.41) is 0. The van der Waals surface area contributed by atoms with Crippen molar-refractivity contribution in [3.05, 3.63) is 54.1 Å². The van der Waals surface area contributed by atoms with E-state index in [0.717, 1.165) is 48.9 Å². The molecule has 0 aromatic heterocycles. The van der Waals surface area contributed by atoms with Crippen molar-refractivity contribution < 1.29 is 14.3 Å². The minimum Gasteiger partial charge on any atom is -0.430 e. The Morgan fingerprint density at radius 2 is 1.77 bits per heavy atom. The molecule has 3 saturated carbocycles. The van der Waals surface area contributed by atoms with Crippen molar-refractivity contribution in [2.45, 2.75) is 105 Å². The summed E-state index contributed by atoms with van der Waals surface area (Å²) in [5.41, 5.74) is 2.26. The van der Waals surface area contributed by atoms with Crippen LogP contribution in [0.4, 0.5) is 4.79 Å². The highest BCUT2D eigenvalue weighted by Gasteiger charge is 2.59. The zero-order valence-electron chi connectivity index (χ0n) is 25.3. The van der Waals surface area contributed by atoms with Crippen molar-refractivity contribution >= 4 is 6.16 Å². The lowest BCUT2D eigenvalue weighted by atomic mass is 9.47. The molecule has 3 heteroatoms. The van der Waals surface area contributed by atoms with E-state index in [0.29, 0.717) is 23.0 Å². The fourth-order valence-corrected chi connectivity index (χ4v) is 9.66. The van der Waals surface area contributed by atoms with E-state index in [2.05, 4.69) is 59.8 Å². The molecule has 1 aromatic rings. The van der Waals surface area contributed by atoms with Crippen molar-refractivity contribution in [2.24, 2.45) is 52.3 Å². The molecule has 0 saturated heterocycles. The van der Waals surface area contributed by atoms with Crippen molar-refractivity contribution in [3.63, 3.8) is 0 Å². The van der Waals surface area contributed by atoms with Crippen LogP contribution in [0.2, 0.25) is 0 Å². The van der Waals surface area contributed by atoms with Gasteiger partial charge in [0.25, 0.3) is 0 Å². The molecule has 3 nitrogen and oxygen atoms in total. The maximum Gasteiger partial charge on any atom is 0.514 e. The molecule has 214 valence electrons. The van der Waals surface area contributed by atoms with E-state index in [1.54, 1.807) is 17.7 Å². The Kier molecular flexibility index (Phi) is 8.37. The zero-order valence-corrected chi connectivity index (χ0v) is 25.3. The first-order valence-corrected chi connectivity index (χ1v) is 16.0. The number of allylic oxidation sites excluding steroid dienone is 3. The van der Waals surface area contributed by atoms with Crippen LogP contribution in [-0.4, -0.2) is 12.3 Å². The molecular formula is C36H52O3. The molecule has 0 amide bonds. The Hall–Kier alpha value is -2.03. The zero-order chi connectivity index (χ0) is 27.8. The first kappa shape index (κ1) is 28.5. The van der Waals surface area contributed by atoms with Crippen molar-refractivity contribution in [3.8, 4) is 5.75 Å². The number of carbonyl (C=O) groups is 1. The molecule has 0 N–H and O–H groups in total. The quantitative estimate of drug-likeness (QED) is 0.199. The average molecular weight is 533 g/mol. The Morgan fingerprint density at radius 3 is 2.49 bits per heavy atom. The van der Waals surface area contributed by atoms with Gasteiger partial charge in [0.1, 0.15) is 11.9 Å². The third kappa shape index (κ3) is 5.49. The van der Waals surface area contributed by atoms with Gasteiger partial charge in [-0.2, -0.15) is 0 Å².